The molecule has 2 aliphatic rings. The molecule has 0 unspecified atom stereocenters. The fourth-order valence-electron chi connectivity index (χ4n) is 4.19. The first-order valence-electron chi connectivity index (χ1n) is 9.84. The predicted molar refractivity (Wildman–Crippen MR) is 107 cm³/mol. The lowest BCUT2D eigenvalue weighted by molar-refractivity contribution is 0.194. The van der Waals surface area contributed by atoms with Crippen LogP contribution in [-0.2, 0) is 29.5 Å². The number of benzene rings is 1. The molecule has 1 aromatic heterocycles. The molecule has 1 N–H and O–H groups in total. The van der Waals surface area contributed by atoms with Gasteiger partial charge in [0.15, 0.2) is 0 Å². The predicted octanol–water partition coefficient (Wildman–Crippen LogP) is 1.61. The Morgan fingerprint density at radius 2 is 2.07 bits per heavy atom. The van der Waals surface area contributed by atoms with Crippen LogP contribution in [-0.4, -0.2) is 53.5 Å². The summed E-state index contributed by atoms with van der Waals surface area (Å²) in [6, 6.07) is 6.79. The molecule has 1 saturated heterocycles. The third-order valence-electron chi connectivity index (χ3n) is 5.76. The van der Waals surface area contributed by atoms with E-state index >= 15 is 0 Å². The summed E-state index contributed by atoms with van der Waals surface area (Å²) >= 11 is 0. The Balaban J connectivity index is 1.52. The van der Waals surface area contributed by atoms with Crippen molar-refractivity contribution in [1.29, 1.82) is 0 Å². The lowest BCUT2D eigenvalue weighted by Gasteiger charge is -2.33. The highest BCUT2D eigenvalue weighted by Gasteiger charge is 2.29. The topological polar surface area (TPSA) is 86.4 Å². The molecular formula is C20H25FN4O3S. The molecule has 0 bridgehead atoms. The molecule has 0 aliphatic carbocycles. The second kappa shape index (κ2) is 7.97. The van der Waals surface area contributed by atoms with Gasteiger partial charge in [0, 0.05) is 44.1 Å². The van der Waals surface area contributed by atoms with Gasteiger partial charge >= 0.3 is 0 Å². The van der Waals surface area contributed by atoms with E-state index in [1.54, 1.807) is 12.1 Å². The van der Waals surface area contributed by atoms with E-state index in [1.165, 1.54) is 10.4 Å². The maximum absolute atomic E-state index is 14.0. The highest BCUT2D eigenvalue weighted by atomic mass is 32.2. The number of piperidine rings is 1. The summed E-state index contributed by atoms with van der Waals surface area (Å²) in [5.74, 6) is 0.520. The molecule has 0 amide bonds. The number of rotatable bonds is 4. The molecule has 1 aromatic carbocycles. The van der Waals surface area contributed by atoms with Crippen molar-refractivity contribution in [2.24, 2.45) is 0 Å². The number of nitrogens with one attached hydrogen (secondary N) is 1. The van der Waals surface area contributed by atoms with E-state index in [4.69, 9.17) is 4.98 Å². The Kier molecular flexibility index (Phi) is 5.54. The molecule has 2 aliphatic heterocycles. The first kappa shape index (κ1) is 20.2. The lowest BCUT2D eigenvalue weighted by Crippen LogP contribution is -2.40. The Morgan fingerprint density at radius 3 is 2.83 bits per heavy atom. The van der Waals surface area contributed by atoms with Gasteiger partial charge < -0.3 is 4.98 Å². The first-order chi connectivity index (χ1) is 13.8. The van der Waals surface area contributed by atoms with Crippen molar-refractivity contribution in [1.82, 2.24) is 19.2 Å². The smallest absolute Gasteiger partial charge is 0.255 e. The van der Waals surface area contributed by atoms with Crippen LogP contribution in [0, 0.1) is 5.82 Å². The Labute approximate surface area is 169 Å². The molecule has 0 radical (unpaired) electrons. The fraction of sp³-hybridized carbons (Fsp3) is 0.500. The van der Waals surface area contributed by atoms with E-state index in [1.807, 2.05) is 6.07 Å². The van der Waals surface area contributed by atoms with Crippen LogP contribution in [0.15, 0.2) is 29.1 Å². The first-order valence-corrected chi connectivity index (χ1v) is 11.7. The number of aromatic amines is 1. The second-order valence-electron chi connectivity index (χ2n) is 7.89. The number of aromatic nitrogens is 2. The van der Waals surface area contributed by atoms with Crippen LogP contribution in [0.5, 0.6) is 0 Å². The standard InChI is InChI=1S/C20H25FN4O3S/c1-29(27,28)25-10-8-18-16(13-25)20(26)23-19(22-18)15-6-4-9-24(12-15)11-14-5-2-3-7-17(14)21/h2-3,5,7,15H,4,6,8-13H2,1H3,(H,22,23,26)/t15-/m0/s1. The number of hydrogen-bond acceptors (Lipinski definition) is 5. The van der Waals surface area contributed by atoms with Gasteiger partial charge in [0.05, 0.1) is 17.5 Å². The molecule has 4 rings (SSSR count). The van der Waals surface area contributed by atoms with Crippen LogP contribution in [0.4, 0.5) is 4.39 Å². The molecular weight excluding hydrogens is 395 g/mol. The van der Waals surface area contributed by atoms with Crippen molar-refractivity contribution in [2.75, 3.05) is 25.9 Å². The van der Waals surface area contributed by atoms with Crippen molar-refractivity contribution in [2.45, 2.75) is 38.3 Å². The Bertz CT molecular complexity index is 1070. The summed E-state index contributed by atoms with van der Waals surface area (Å²) in [5, 5.41) is 0. The van der Waals surface area contributed by atoms with Crippen LogP contribution in [0.1, 0.15) is 41.4 Å². The normalized spacial score (nSPS) is 21.1. The van der Waals surface area contributed by atoms with Gasteiger partial charge in [-0.1, -0.05) is 18.2 Å². The lowest BCUT2D eigenvalue weighted by atomic mass is 9.96. The molecule has 7 nitrogen and oxygen atoms in total. The molecule has 29 heavy (non-hydrogen) atoms. The molecule has 156 valence electrons. The van der Waals surface area contributed by atoms with E-state index in [9.17, 15) is 17.6 Å². The van der Waals surface area contributed by atoms with Gasteiger partial charge in [0.1, 0.15) is 11.6 Å². The number of H-pyrrole nitrogens is 1. The molecule has 2 aromatic rings. The highest BCUT2D eigenvalue weighted by molar-refractivity contribution is 7.88. The van der Waals surface area contributed by atoms with Crippen molar-refractivity contribution < 1.29 is 12.8 Å². The summed E-state index contributed by atoms with van der Waals surface area (Å²) < 4.78 is 38.9. The van der Waals surface area contributed by atoms with Crippen molar-refractivity contribution in [3.8, 4) is 0 Å². The number of likely N-dealkylation sites (tertiary alicyclic amines) is 1. The molecule has 1 atom stereocenters. The summed E-state index contributed by atoms with van der Waals surface area (Å²) in [6.07, 6.45) is 3.44. The highest BCUT2D eigenvalue weighted by Crippen LogP contribution is 2.27. The van der Waals surface area contributed by atoms with Crippen LogP contribution in [0.3, 0.4) is 0 Å². The summed E-state index contributed by atoms with van der Waals surface area (Å²) in [5.41, 5.74) is 1.53. The molecule has 3 heterocycles. The minimum atomic E-state index is -3.34. The maximum Gasteiger partial charge on any atom is 0.255 e. The summed E-state index contributed by atoms with van der Waals surface area (Å²) in [6.45, 7) is 2.52. The largest absolute Gasteiger partial charge is 0.310 e. The summed E-state index contributed by atoms with van der Waals surface area (Å²) in [7, 11) is -3.34. The number of fused-ring (bicyclic) bond motifs is 1. The van der Waals surface area contributed by atoms with Gasteiger partial charge in [-0.15, -0.1) is 0 Å². The van der Waals surface area contributed by atoms with Crippen LogP contribution >= 0.6 is 0 Å². The molecule has 1 fully saturated rings. The van der Waals surface area contributed by atoms with E-state index in [-0.39, 0.29) is 23.8 Å². The van der Waals surface area contributed by atoms with Gasteiger partial charge in [0.25, 0.3) is 5.56 Å². The van der Waals surface area contributed by atoms with Gasteiger partial charge in [-0.05, 0) is 25.5 Å². The minimum absolute atomic E-state index is 0.0703. The quantitative estimate of drug-likeness (QED) is 0.812. The van der Waals surface area contributed by atoms with Gasteiger partial charge in [0.2, 0.25) is 10.0 Å². The zero-order chi connectivity index (χ0) is 20.6. The average molecular weight is 421 g/mol. The van der Waals surface area contributed by atoms with Gasteiger partial charge in [-0.3, -0.25) is 9.69 Å². The van der Waals surface area contributed by atoms with Gasteiger partial charge in [-0.25, -0.2) is 17.8 Å². The molecule has 9 heteroatoms. The van der Waals surface area contributed by atoms with Crippen molar-refractivity contribution in [3.05, 3.63) is 63.1 Å². The van der Waals surface area contributed by atoms with Crippen LogP contribution < -0.4 is 5.56 Å². The molecule has 0 saturated carbocycles. The average Bonchev–Trinajstić information content (AvgIpc) is 2.69. The zero-order valence-corrected chi connectivity index (χ0v) is 17.2. The Hall–Kier alpha value is -2.10. The second-order valence-corrected chi connectivity index (χ2v) is 9.87. The van der Waals surface area contributed by atoms with Crippen molar-refractivity contribution >= 4 is 10.0 Å². The third-order valence-corrected chi connectivity index (χ3v) is 7.01. The van der Waals surface area contributed by atoms with E-state index in [0.717, 1.165) is 25.6 Å². The summed E-state index contributed by atoms with van der Waals surface area (Å²) in [4.78, 5) is 22.4. The fourth-order valence-corrected chi connectivity index (χ4v) is 4.97. The minimum Gasteiger partial charge on any atom is -0.310 e. The number of halogens is 1. The zero-order valence-electron chi connectivity index (χ0n) is 16.4. The van der Waals surface area contributed by atoms with Crippen molar-refractivity contribution in [3.63, 3.8) is 0 Å². The van der Waals surface area contributed by atoms with E-state index < -0.39 is 10.0 Å². The van der Waals surface area contributed by atoms with E-state index in [2.05, 4.69) is 9.88 Å². The van der Waals surface area contributed by atoms with E-state index in [0.29, 0.717) is 48.7 Å². The number of sulfonamides is 1. The van der Waals surface area contributed by atoms with Gasteiger partial charge in [-0.2, -0.15) is 4.31 Å². The molecule has 0 spiro atoms. The van der Waals surface area contributed by atoms with Crippen LogP contribution in [0.2, 0.25) is 0 Å². The van der Waals surface area contributed by atoms with Crippen LogP contribution in [0.25, 0.3) is 0 Å². The monoisotopic (exact) mass is 420 g/mol. The number of nitrogens with zero attached hydrogens (tertiary/aromatic N) is 3. The number of hydrogen-bond donors (Lipinski definition) is 1. The SMILES string of the molecule is CS(=O)(=O)N1CCc2nc([C@H]3CCCN(Cc4ccccc4F)C3)[nH]c(=O)c2C1. The maximum atomic E-state index is 14.0. The third kappa shape index (κ3) is 4.41. The Morgan fingerprint density at radius 1 is 1.28 bits per heavy atom.